The summed E-state index contributed by atoms with van der Waals surface area (Å²) < 4.78 is 9.33. The van der Waals surface area contributed by atoms with Gasteiger partial charge in [0.1, 0.15) is 5.01 Å². The lowest BCUT2D eigenvalue weighted by atomic mass is 10.4. The zero-order valence-electron chi connectivity index (χ0n) is 6.65. The number of aromatic nitrogens is 2. The van der Waals surface area contributed by atoms with E-state index in [1.54, 1.807) is 6.26 Å². The van der Waals surface area contributed by atoms with E-state index in [1.807, 2.05) is 12.1 Å². The Bertz CT molecular complexity index is 353. The Kier molecular flexibility index (Phi) is 1.91. The average molecular weight is 180 g/mol. The van der Waals surface area contributed by atoms with Crippen molar-refractivity contribution in [2.45, 2.75) is 13.3 Å². The molecule has 0 atom stereocenters. The highest BCUT2D eigenvalue weighted by Crippen LogP contribution is 2.18. The van der Waals surface area contributed by atoms with E-state index in [0.29, 0.717) is 5.82 Å². The summed E-state index contributed by atoms with van der Waals surface area (Å²) in [6, 6.07) is 3.70. The maximum atomic E-state index is 5.16. The molecule has 0 spiro atoms. The highest BCUT2D eigenvalue weighted by atomic mass is 32.1. The number of hydrogen-bond donors (Lipinski definition) is 0. The second-order valence-electron chi connectivity index (χ2n) is 2.34. The molecule has 0 N–H and O–H groups in total. The average Bonchev–Trinajstić information content (AvgIpc) is 2.75. The van der Waals surface area contributed by atoms with Crippen LogP contribution in [0.25, 0.3) is 11.6 Å². The fraction of sp³-hybridized carbons (Fsp3) is 0.250. The predicted molar refractivity (Wildman–Crippen MR) is 47.0 cm³/mol. The van der Waals surface area contributed by atoms with Crippen molar-refractivity contribution >= 4 is 11.5 Å². The first-order valence-corrected chi connectivity index (χ1v) is 4.54. The summed E-state index contributed by atoms with van der Waals surface area (Å²) in [6.45, 7) is 2.06. The Balaban J connectivity index is 2.35. The van der Waals surface area contributed by atoms with E-state index >= 15 is 0 Å². The Hall–Kier alpha value is -1.16. The monoisotopic (exact) mass is 180 g/mol. The number of nitrogens with zero attached hydrogens (tertiary/aromatic N) is 2. The summed E-state index contributed by atoms with van der Waals surface area (Å²) in [5.41, 5.74) is 0. The van der Waals surface area contributed by atoms with Crippen LogP contribution in [0.2, 0.25) is 0 Å². The van der Waals surface area contributed by atoms with Gasteiger partial charge in [-0.15, -0.1) is 0 Å². The molecule has 0 aromatic carbocycles. The second kappa shape index (κ2) is 3.06. The van der Waals surface area contributed by atoms with Crippen LogP contribution in [0.15, 0.2) is 22.8 Å². The van der Waals surface area contributed by atoms with Gasteiger partial charge in [-0.25, -0.2) is 4.98 Å². The molecule has 0 radical (unpaired) electrons. The fourth-order valence-electron chi connectivity index (χ4n) is 0.904. The van der Waals surface area contributed by atoms with Crippen LogP contribution >= 0.6 is 11.5 Å². The first kappa shape index (κ1) is 7.49. The summed E-state index contributed by atoms with van der Waals surface area (Å²) in [4.78, 5) is 4.28. The molecule has 0 bridgehead atoms. The van der Waals surface area contributed by atoms with E-state index in [4.69, 9.17) is 4.42 Å². The van der Waals surface area contributed by atoms with Crippen molar-refractivity contribution in [2.24, 2.45) is 0 Å². The number of hydrogen-bond acceptors (Lipinski definition) is 4. The van der Waals surface area contributed by atoms with Crippen LogP contribution in [0.1, 0.15) is 11.9 Å². The minimum absolute atomic E-state index is 0.696. The molecule has 0 fully saturated rings. The Morgan fingerprint density at radius 1 is 1.58 bits per heavy atom. The molecule has 3 nitrogen and oxygen atoms in total. The molecular formula is C8H8N2OS. The summed E-state index contributed by atoms with van der Waals surface area (Å²) in [7, 11) is 0. The van der Waals surface area contributed by atoms with Crippen LogP contribution in [0.5, 0.6) is 0 Å². The molecule has 0 saturated heterocycles. The van der Waals surface area contributed by atoms with Crippen molar-refractivity contribution in [1.82, 2.24) is 9.36 Å². The van der Waals surface area contributed by atoms with Gasteiger partial charge in [0.25, 0.3) is 0 Å². The van der Waals surface area contributed by atoms with Gasteiger partial charge in [-0.2, -0.15) is 4.37 Å². The van der Waals surface area contributed by atoms with E-state index in [1.165, 1.54) is 11.5 Å². The Morgan fingerprint density at radius 2 is 2.50 bits per heavy atom. The molecule has 0 saturated carbocycles. The SMILES string of the molecule is CCc1nc(-c2ccco2)ns1. The Labute approximate surface area is 74.2 Å². The summed E-state index contributed by atoms with van der Waals surface area (Å²) in [5, 5.41) is 1.04. The van der Waals surface area contributed by atoms with Gasteiger partial charge in [-0.1, -0.05) is 6.92 Å². The smallest absolute Gasteiger partial charge is 0.208 e. The van der Waals surface area contributed by atoms with Gasteiger partial charge in [0, 0.05) is 0 Å². The third kappa shape index (κ3) is 1.25. The summed E-state index contributed by atoms with van der Waals surface area (Å²) >= 11 is 1.43. The van der Waals surface area contributed by atoms with Crippen molar-refractivity contribution in [2.75, 3.05) is 0 Å². The first-order valence-electron chi connectivity index (χ1n) is 3.76. The molecule has 2 aromatic rings. The molecule has 0 unspecified atom stereocenters. The van der Waals surface area contributed by atoms with Crippen LogP contribution in [-0.4, -0.2) is 9.36 Å². The zero-order valence-corrected chi connectivity index (χ0v) is 7.47. The molecule has 4 heteroatoms. The normalized spacial score (nSPS) is 10.4. The molecule has 2 heterocycles. The highest BCUT2D eigenvalue weighted by Gasteiger charge is 2.06. The van der Waals surface area contributed by atoms with Gasteiger partial charge in [-0.3, -0.25) is 0 Å². The van der Waals surface area contributed by atoms with Crippen LogP contribution < -0.4 is 0 Å². The van der Waals surface area contributed by atoms with Crippen molar-refractivity contribution in [1.29, 1.82) is 0 Å². The maximum absolute atomic E-state index is 5.16. The Morgan fingerprint density at radius 3 is 3.08 bits per heavy atom. The van der Waals surface area contributed by atoms with Gasteiger partial charge in [-0.05, 0) is 30.1 Å². The maximum Gasteiger partial charge on any atom is 0.208 e. The number of rotatable bonds is 2. The molecule has 0 amide bonds. The lowest BCUT2D eigenvalue weighted by molar-refractivity contribution is 0.578. The van der Waals surface area contributed by atoms with Crippen molar-refractivity contribution in [3.8, 4) is 11.6 Å². The second-order valence-corrected chi connectivity index (χ2v) is 3.18. The topological polar surface area (TPSA) is 38.9 Å². The lowest BCUT2D eigenvalue weighted by Crippen LogP contribution is -1.78. The third-order valence-corrected chi connectivity index (χ3v) is 2.37. The van der Waals surface area contributed by atoms with Crippen molar-refractivity contribution in [3.05, 3.63) is 23.4 Å². The van der Waals surface area contributed by atoms with Gasteiger partial charge >= 0.3 is 0 Å². The van der Waals surface area contributed by atoms with Crippen molar-refractivity contribution < 1.29 is 4.42 Å². The molecular weight excluding hydrogens is 172 g/mol. The van der Waals surface area contributed by atoms with Gasteiger partial charge in [0.05, 0.1) is 6.26 Å². The largest absolute Gasteiger partial charge is 0.461 e. The van der Waals surface area contributed by atoms with E-state index in [-0.39, 0.29) is 0 Å². The van der Waals surface area contributed by atoms with Gasteiger partial charge < -0.3 is 4.42 Å². The fourth-order valence-corrected chi connectivity index (χ4v) is 1.48. The molecule has 0 aliphatic heterocycles. The van der Waals surface area contributed by atoms with E-state index < -0.39 is 0 Å². The molecule has 2 rings (SSSR count). The van der Waals surface area contributed by atoms with E-state index in [9.17, 15) is 0 Å². The molecule has 12 heavy (non-hydrogen) atoms. The summed E-state index contributed by atoms with van der Waals surface area (Å²) in [5.74, 6) is 1.44. The van der Waals surface area contributed by atoms with Crippen LogP contribution in [0.4, 0.5) is 0 Å². The number of furan rings is 1. The van der Waals surface area contributed by atoms with Crippen LogP contribution in [0.3, 0.4) is 0 Å². The van der Waals surface area contributed by atoms with E-state index in [2.05, 4.69) is 16.3 Å². The highest BCUT2D eigenvalue weighted by molar-refractivity contribution is 7.05. The van der Waals surface area contributed by atoms with Crippen molar-refractivity contribution in [3.63, 3.8) is 0 Å². The van der Waals surface area contributed by atoms with E-state index in [0.717, 1.165) is 17.2 Å². The standard InChI is InChI=1S/C8H8N2OS/c1-2-7-9-8(10-12-7)6-4-3-5-11-6/h3-5H,2H2,1H3. The predicted octanol–water partition coefficient (Wildman–Crippen LogP) is 2.36. The third-order valence-electron chi connectivity index (χ3n) is 1.51. The molecule has 2 aromatic heterocycles. The molecule has 62 valence electrons. The van der Waals surface area contributed by atoms with Gasteiger partial charge in [0.15, 0.2) is 5.76 Å². The van der Waals surface area contributed by atoms with Gasteiger partial charge in [0.2, 0.25) is 5.82 Å². The number of aryl methyl sites for hydroxylation is 1. The van der Waals surface area contributed by atoms with Crippen LogP contribution in [0, 0.1) is 0 Å². The first-order chi connectivity index (χ1) is 5.90. The summed E-state index contributed by atoms with van der Waals surface area (Å²) in [6.07, 6.45) is 2.56. The molecule has 0 aliphatic rings. The zero-order chi connectivity index (χ0) is 8.39. The lowest BCUT2D eigenvalue weighted by Gasteiger charge is -1.84. The minimum atomic E-state index is 0.696. The minimum Gasteiger partial charge on any atom is -0.461 e. The molecule has 0 aliphatic carbocycles. The van der Waals surface area contributed by atoms with Crippen LogP contribution in [-0.2, 0) is 6.42 Å². The quantitative estimate of drug-likeness (QED) is 0.712.